The Morgan fingerprint density at radius 1 is 1.57 bits per heavy atom. The number of carbonyl (C=O) groups excluding carboxylic acids is 2. The highest BCUT2D eigenvalue weighted by atomic mass is 35.5. The van der Waals surface area contributed by atoms with Gasteiger partial charge < -0.3 is 4.74 Å². The average Bonchev–Trinajstić information content (AvgIpc) is 2.19. The SMILES string of the molecule is COC(=O)c1cc(F)cc(C=O)c1Cl. The molecule has 0 amide bonds. The van der Waals surface area contributed by atoms with Crippen LogP contribution in [0.5, 0.6) is 0 Å². The number of hydrogen-bond donors (Lipinski definition) is 0. The summed E-state index contributed by atoms with van der Waals surface area (Å²) in [5.41, 5.74) is -0.233. The zero-order valence-corrected chi connectivity index (χ0v) is 7.97. The van der Waals surface area contributed by atoms with Crippen molar-refractivity contribution in [2.45, 2.75) is 0 Å². The second-order valence-corrected chi connectivity index (χ2v) is 2.84. The van der Waals surface area contributed by atoms with Gasteiger partial charge in [-0.05, 0) is 12.1 Å². The zero-order valence-electron chi connectivity index (χ0n) is 7.21. The third-order valence-electron chi connectivity index (χ3n) is 1.60. The van der Waals surface area contributed by atoms with Crippen molar-refractivity contribution in [2.24, 2.45) is 0 Å². The third kappa shape index (κ3) is 1.90. The van der Waals surface area contributed by atoms with Crippen LogP contribution in [0.15, 0.2) is 12.1 Å². The van der Waals surface area contributed by atoms with Crippen molar-refractivity contribution in [3.05, 3.63) is 34.1 Å². The van der Waals surface area contributed by atoms with Gasteiger partial charge in [-0.25, -0.2) is 9.18 Å². The van der Waals surface area contributed by atoms with Gasteiger partial charge in [-0.2, -0.15) is 0 Å². The second-order valence-electron chi connectivity index (χ2n) is 2.47. The lowest BCUT2D eigenvalue weighted by atomic mass is 10.1. The quantitative estimate of drug-likeness (QED) is 0.562. The minimum atomic E-state index is -0.780. The number of ether oxygens (including phenoxy) is 1. The van der Waals surface area contributed by atoms with E-state index in [0.29, 0.717) is 6.29 Å². The van der Waals surface area contributed by atoms with Crippen LogP contribution in [0.25, 0.3) is 0 Å². The van der Waals surface area contributed by atoms with Crippen LogP contribution in [0.2, 0.25) is 5.02 Å². The molecule has 3 nitrogen and oxygen atoms in total. The Bertz CT molecular complexity index is 390. The molecule has 0 aliphatic carbocycles. The third-order valence-corrected chi connectivity index (χ3v) is 2.02. The molecule has 0 atom stereocenters. The summed E-state index contributed by atoms with van der Waals surface area (Å²) in [6.45, 7) is 0. The molecule has 1 aromatic rings. The molecule has 74 valence electrons. The first-order chi connectivity index (χ1) is 6.60. The Morgan fingerprint density at radius 2 is 2.21 bits per heavy atom. The highest BCUT2D eigenvalue weighted by Gasteiger charge is 2.15. The maximum absolute atomic E-state index is 12.9. The number of halogens is 2. The first-order valence-electron chi connectivity index (χ1n) is 3.62. The first-order valence-corrected chi connectivity index (χ1v) is 4.00. The predicted octanol–water partition coefficient (Wildman–Crippen LogP) is 2.08. The van der Waals surface area contributed by atoms with Crippen LogP contribution in [-0.4, -0.2) is 19.4 Å². The fourth-order valence-corrected chi connectivity index (χ4v) is 1.19. The monoisotopic (exact) mass is 216 g/mol. The smallest absolute Gasteiger partial charge is 0.339 e. The number of benzene rings is 1. The molecule has 0 saturated heterocycles. The molecule has 0 bridgehead atoms. The maximum atomic E-state index is 12.9. The Balaban J connectivity index is 3.36. The Kier molecular flexibility index (Phi) is 3.19. The fraction of sp³-hybridized carbons (Fsp3) is 0.111. The van der Waals surface area contributed by atoms with Crippen LogP contribution in [-0.2, 0) is 4.74 Å². The minimum absolute atomic E-state index is 0.0768. The summed E-state index contributed by atoms with van der Waals surface area (Å²) < 4.78 is 17.2. The van der Waals surface area contributed by atoms with E-state index >= 15 is 0 Å². The van der Waals surface area contributed by atoms with Gasteiger partial charge in [-0.15, -0.1) is 0 Å². The zero-order chi connectivity index (χ0) is 10.7. The summed E-state index contributed by atoms with van der Waals surface area (Å²) in [7, 11) is 1.14. The second kappa shape index (κ2) is 4.19. The molecule has 0 N–H and O–H groups in total. The van der Waals surface area contributed by atoms with Gasteiger partial charge >= 0.3 is 5.97 Å². The van der Waals surface area contributed by atoms with E-state index in [0.717, 1.165) is 19.2 Å². The summed E-state index contributed by atoms with van der Waals surface area (Å²) in [5.74, 6) is -1.49. The molecular weight excluding hydrogens is 211 g/mol. The van der Waals surface area contributed by atoms with Gasteiger partial charge in [0.1, 0.15) is 5.82 Å². The van der Waals surface area contributed by atoms with Crippen molar-refractivity contribution < 1.29 is 18.7 Å². The molecule has 1 rings (SSSR count). The van der Waals surface area contributed by atoms with Crippen LogP contribution in [0, 0.1) is 5.82 Å². The molecule has 0 fully saturated rings. The van der Waals surface area contributed by atoms with E-state index in [4.69, 9.17) is 11.6 Å². The Morgan fingerprint density at radius 3 is 2.71 bits per heavy atom. The summed E-state index contributed by atoms with van der Waals surface area (Å²) in [6, 6.07) is 1.86. The molecule has 0 unspecified atom stereocenters. The standard InChI is InChI=1S/C9H6ClFO3/c1-14-9(13)7-3-6(11)2-5(4-12)8(7)10/h2-4H,1H3. The molecule has 0 aliphatic heterocycles. The first kappa shape index (κ1) is 10.7. The lowest BCUT2D eigenvalue weighted by Crippen LogP contribution is -2.04. The molecule has 0 radical (unpaired) electrons. The lowest BCUT2D eigenvalue weighted by Gasteiger charge is -2.04. The van der Waals surface area contributed by atoms with Crippen LogP contribution < -0.4 is 0 Å². The number of hydrogen-bond acceptors (Lipinski definition) is 3. The van der Waals surface area contributed by atoms with Crippen molar-refractivity contribution >= 4 is 23.9 Å². The van der Waals surface area contributed by atoms with E-state index in [9.17, 15) is 14.0 Å². The topological polar surface area (TPSA) is 43.4 Å². The Labute approximate surface area is 84.4 Å². The number of aldehydes is 1. The number of rotatable bonds is 2. The van der Waals surface area contributed by atoms with Crippen LogP contribution in [0.3, 0.4) is 0 Å². The molecule has 0 heterocycles. The van der Waals surface area contributed by atoms with Crippen molar-refractivity contribution in [1.29, 1.82) is 0 Å². The Hall–Kier alpha value is -1.42. The number of methoxy groups -OCH3 is 1. The summed E-state index contributed by atoms with van der Waals surface area (Å²) in [4.78, 5) is 21.5. The van der Waals surface area contributed by atoms with Crippen molar-refractivity contribution in [1.82, 2.24) is 0 Å². The van der Waals surface area contributed by atoms with Gasteiger partial charge in [0, 0.05) is 5.56 Å². The molecule has 0 saturated carbocycles. The predicted molar refractivity (Wildman–Crippen MR) is 48.1 cm³/mol. The van der Waals surface area contributed by atoms with Crippen molar-refractivity contribution in [2.75, 3.05) is 7.11 Å². The molecule has 0 aliphatic rings. The van der Waals surface area contributed by atoms with Gasteiger partial charge in [-0.3, -0.25) is 4.79 Å². The van der Waals surface area contributed by atoms with Crippen LogP contribution in [0.4, 0.5) is 4.39 Å². The normalized spacial score (nSPS) is 9.64. The lowest BCUT2D eigenvalue weighted by molar-refractivity contribution is 0.0600. The van der Waals surface area contributed by atoms with E-state index in [1.54, 1.807) is 0 Å². The molecule has 1 aromatic carbocycles. The molecular formula is C9H6ClFO3. The van der Waals surface area contributed by atoms with Crippen molar-refractivity contribution in [3.63, 3.8) is 0 Å². The molecule has 0 aromatic heterocycles. The van der Waals surface area contributed by atoms with Crippen LogP contribution in [0.1, 0.15) is 20.7 Å². The van der Waals surface area contributed by atoms with Gasteiger partial charge in [0.2, 0.25) is 0 Å². The largest absolute Gasteiger partial charge is 0.465 e. The van der Waals surface area contributed by atoms with Crippen LogP contribution >= 0.6 is 11.6 Å². The minimum Gasteiger partial charge on any atom is -0.465 e. The summed E-state index contributed by atoms with van der Waals surface area (Å²) >= 11 is 5.66. The number of carbonyl (C=O) groups is 2. The molecule has 14 heavy (non-hydrogen) atoms. The molecule has 0 spiro atoms. The van der Waals surface area contributed by atoms with Gasteiger partial charge in [-0.1, -0.05) is 11.6 Å². The average molecular weight is 217 g/mol. The maximum Gasteiger partial charge on any atom is 0.339 e. The summed E-state index contributed by atoms with van der Waals surface area (Å²) in [6.07, 6.45) is 0.373. The highest BCUT2D eigenvalue weighted by molar-refractivity contribution is 6.35. The van der Waals surface area contributed by atoms with E-state index in [2.05, 4.69) is 4.74 Å². The van der Waals surface area contributed by atoms with E-state index in [-0.39, 0.29) is 16.1 Å². The van der Waals surface area contributed by atoms with E-state index in [1.165, 1.54) is 0 Å². The summed E-state index contributed by atoms with van der Waals surface area (Å²) in [5, 5.41) is -0.103. The molecule has 5 heteroatoms. The van der Waals surface area contributed by atoms with Gasteiger partial charge in [0.15, 0.2) is 6.29 Å². The highest BCUT2D eigenvalue weighted by Crippen LogP contribution is 2.22. The number of esters is 1. The van der Waals surface area contributed by atoms with Crippen molar-refractivity contribution in [3.8, 4) is 0 Å². The fourth-order valence-electron chi connectivity index (χ4n) is 0.955. The van der Waals surface area contributed by atoms with E-state index in [1.807, 2.05) is 0 Å². The van der Waals surface area contributed by atoms with E-state index < -0.39 is 11.8 Å². The van der Waals surface area contributed by atoms with Gasteiger partial charge in [0.25, 0.3) is 0 Å². The van der Waals surface area contributed by atoms with Gasteiger partial charge in [0.05, 0.1) is 17.7 Å².